The van der Waals surface area contributed by atoms with Crippen LogP contribution < -0.4 is 24.7 Å². The first kappa shape index (κ1) is 20.7. The van der Waals surface area contributed by atoms with E-state index in [4.69, 9.17) is 24.7 Å². The van der Waals surface area contributed by atoms with E-state index < -0.39 is 5.91 Å². The number of amides is 1. The van der Waals surface area contributed by atoms with Gasteiger partial charge in [-0.25, -0.2) is 0 Å². The number of methoxy groups -OCH3 is 2. The summed E-state index contributed by atoms with van der Waals surface area (Å²) >= 11 is 0. The Balaban J connectivity index is 1.68. The fraction of sp³-hybridized carbons (Fsp3) is 0.292. The summed E-state index contributed by atoms with van der Waals surface area (Å²) in [6.07, 6.45) is 0.742. The van der Waals surface area contributed by atoms with E-state index in [9.17, 15) is 4.79 Å². The number of carbonyl (C=O) groups excluding carboxylic acids is 1. The van der Waals surface area contributed by atoms with E-state index in [2.05, 4.69) is 4.57 Å². The Bertz CT molecular complexity index is 1120. The minimum absolute atomic E-state index is 0.443. The fourth-order valence-electron chi connectivity index (χ4n) is 3.90. The lowest BCUT2D eigenvalue weighted by atomic mass is 10.1. The van der Waals surface area contributed by atoms with Gasteiger partial charge in [-0.2, -0.15) is 0 Å². The maximum Gasteiger partial charge on any atom is 0.250 e. The van der Waals surface area contributed by atoms with Gasteiger partial charge in [-0.1, -0.05) is 6.07 Å². The third kappa shape index (κ3) is 4.03. The van der Waals surface area contributed by atoms with Gasteiger partial charge >= 0.3 is 0 Å². The molecule has 7 nitrogen and oxygen atoms in total. The summed E-state index contributed by atoms with van der Waals surface area (Å²) in [5.74, 6) is 2.37. The van der Waals surface area contributed by atoms with Crippen LogP contribution in [0.15, 0.2) is 42.5 Å². The number of hydrogen-bond acceptors (Lipinski definition) is 5. The number of aryl methyl sites for hydroxylation is 1. The lowest BCUT2D eigenvalue weighted by molar-refractivity contribution is 0.0999. The highest BCUT2D eigenvalue weighted by Gasteiger charge is 2.19. The molecule has 0 fully saturated rings. The Hall–Kier alpha value is -3.61. The number of hydrogen-bond donors (Lipinski definition) is 1. The van der Waals surface area contributed by atoms with Gasteiger partial charge < -0.3 is 29.2 Å². The molecule has 2 aromatic carbocycles. The highest BCUT2D eigenvalue weighted by molar-refractivity contribution is 5.95. The molecule has 0 radical (unpaired) electrons. The van der Waals surface area contributed by atoms with Crippen molar-refractivity contribution in [2.45, 2.75) is 19.9 Å². The topological polar surface area (TPSA) is 84.9 Å². The molecular weight excluding hydrogens is 396 g/mol. The van der Waals surface area contributed by atoms with Crippen molar-refractivity contribution in [3.05, 3.63) is 59.3 Å². The third-order valence-corrected chi connectivity index (χ3v) is 5.54. The minimum Gasteiger partial charge on any atom is -0.493 e. The van der Waals surface area contributed by atoms with Crippen LogP contribution in [0.1, 0.15) is 21.6 Å². The number of ether oxygens (including phenoxy) is 4. The molecule has 2 N–H and O–H groups in total. The Morgan fingerprint density at radius 3 is 2.45 bits per heavy atom. The fourth-order valence-corrected chi connectivity index (χ4v) is 3.90. The second-order valence-electron chi connectivity index (χ2n) is 7.34. The van der Waals surface area contributed by atoms with Crippen LogP contribution in [0.5, 0.6) is 23.0 Å². The van der Waals surface area contributed by atoms with E-state index in [1.54, 1.807) is 14.2 Å². The minimum atomic E-state index is -0.443. The molecule has 0 atom stereocenters. The summed E-state index contributed by atoms with van der Waals surface area (Å²) in [7, 11) is 3.24. The normalized spacial score (nSPS) is 12.5. The van der Waals surface area contributed by atoms with E-state index in [1.165, 1.54) is 0 Å². The lowest BCUT2D eigenvalue weighted by Gasteiger charge is -2.19. The van der Waals surface area contributed by atoms with Crippen LogP contribution in [0.4, 0.5) is 0 Å². The largest absolute Gasteiger partial charge is 0.493 e. The SMILES string of the molecule is COc1ccc(CCn2c(-c3ccc4c(c3)OCCO4)cc(C(N)=O)c2C)cc1OC. The molecule has 1 aromatic heterocycles. The zero-order valence-corrected chi connectivity index (χ0v) is 17.9. The summed E-state index contributed by atoms with van der Waals surface area (Å²) < 4.78 is 24.2. The number of fused-ring (bicyclic) bond motifs is 1. The van der Waals surface area contributed by atoms with Crippen LogP contribution in [0, 0.1) is 6.92 Å². The molecule has 1 amide bonds. The van der Waals surface area contributed by atoms with Crippen molar-refractivity contribution in [3.8, 4) is 34.3 Å². The van der Waals surface area contributed by atoms with Crippen LogP contribution >= 0.6 is 0 Å². The first-order valence-corrected chi connectivity index (χ1v) is 10.1. The zero-order valence-electron chi connectivity index (χ0n) is 17.9. The zero-order chi connectivity index (χ0) is 22.0. The Kier molecular flexibility index (Phi) is 5.75. The van der Waals surface area contributed by atoms with Crippen LogP contribution in [0.25, 0.3) is 11.3 Å². The molecule has 0 unspecified atom stereocenters. The number of benzene rings is 2. The molecule has 0 aliphatic carbocycles. The van der Waals surface area contributed by atoms with E-state index >= 15 is 0 Å². The van der Waals surface area contributed by atoms with E-state index in [0.717, 1.165) is 34.7 Å². The average Bonchev–Trinajstić information content (AvgIpc) is 3.13. The highest BCUT2D eigenvalue weighted by atomic mass is 16.6. The van der Waals surface area contributed by atoms with E-state index in [1.807, 2.05) is 49.4 Å². The molecule has 31 heavy (non-hydrogen) atoms. The monoisotopic (exact) mass is 422 g/mol. The Morgan fingerprint density at radius 2 is 1.74 bits per heavy atom. The summed E-state index contributed by atoms with van der Waals surface area (Å²) in [4.78, 5) is 12.0. The number of primary amides is 1. The van der Waals surface area contributed by atoms with Crippen LogP contribution in [-0.2, 0) is 13.0 Å². The van der Waals surface area contributed by atoms with E-state index in [-0.39, 0.29) is 0 Å². The standard InChI is InChI=1S/C24H26N2O5/c1-15-18(24(25)27)14-19(17-5-7-21-23(13-17)31-11-10-30-21)26(15)9-8-16-4-6-20(28-2)22(12-16)29-3/h4-7,12-14H,8-11H2,1-3H3,(H2,25,27). The number of nitrogens with two attached hydrogens (primary N) is 1. The molecule has 1 aliphatic heterocycles. The van der Waals surface area contributed by atoms with Crippen LogP contribution in [0.3, 0.4) is 0 Å². The summed E-state index contributed by atoms with van der Waals surface area (Å²) in [6, 6.07) is 13.5. The maximum atomic E-state index is 12.0. The summed E-state index contributed by atoms with van der Waals surface area (Å²) in [5.41, 5.74) is 9.92. The molecule has 7 heteroatoms. The third-order valence-electron chi connectivity index (χ3n) is 5.54. The molecule has 0 saturated carbocycles. The molecule has 162 valence electrons. The van der Waals surface area contributed by atoms with Crippen molar-refractivity contribution in [3.63, 3.8) is 0 Å². The predicted octanol–water partition coefficient (Wildman–Crippen LogP) is 3.59. The van der Waals surface area contributed by atoms with Gasteiger partial charge in [0.25, 0.3) is 5.91 Å². The number of rotatable bonds is 7. The first-order chi connectivity index (χ1) is 15.0. The van der Waals surface area contributed by atoms with Gasteiger partial charge in [0.2, 0.25) is 0 Å². The second kappa shape index (κ2) is 8.63. The summed E-state index contributed by atoms with van der Waals surface area (Å²) in [5, 5.41) is 0. The molecule has 4 rings (SSSR count). The van der Waals surface area contributed by atoms with Gasteiger partial charge in [0.15, 0.2) is 23.0 Å². The summed E-state index contributed by atoms with van der Waals surface area (Å²) in [6.45, 7) is 3.63. The molecule has 0 bridgehead atoms. The predicted molar refractivity (Wildman–Crippen MR) is 117 cm³/mol. The molecule has 0 spiro atoms. The molecule has 1 aliphatic rings. The number of carbonyl (C=O) groups is 1. The van der Waals surface area contributed by atoms with Crippen molar-refractivity contribution in [2.24, 2.45) is 5.73 Å². The molecule has 3 aromatic rings. The smallest absolute Gasteiger partial charge is 0.250 e. The van der Waals surface area contributed by atoms with Gasteiger partial charge in [-0.3, -0.25) is 4.79 Å². The van der Waals surface area contributed by atoms with Gasteiger partial charge in [0, 0.05) is 23.5 Å². The van der Waals surface area contributed by atoms with Crippen LogP contribution in [-0.4, -0.2) is 37.9 Å². The Labute approximate surface area is 181 Å². The van der Waals surface area contributed by atoms with E-state index in [0.29, 0.717) is 42.6 Å². The number of nitrogens with zero attached hydrogens (tertiary/aromatic N) is 1. The average molecular weight is 422 g/mol. The Morgan fingerprint density at radius 1 is 1.00 bits per heavy atom. The van der Waals surface area contributed by atoms with Crippen molar-refractivity contribution in [1.82, 2.24) is 4.57 Å². The molecule has 2 heterocycles. The number of aromatic nitrogens is 1. The van der Waals surface area contributed by atoms with Crippen LogP contribution in [0.2, 0.25) is 0 Å². The van der Waals surface area contributed by atoms with Crippen molar-refractivity contribution >= 4 is 5.91 Å². The molecular formula is C24H26N2O5. The lowest BCUT2D eigenvalue weighted by Crippen LogP contribution is -2.15. The second-order valence-corrected chi connectivity index (χ2v) is 7.34. The van der Waals surface area contributed by atoms with Crippen molar-refractivity contribution in [1.29, 1.82) is 0 Å². The molecule has 0 saturated heterocycles. The highest BCUT2D eigenvalue weighted by Crippen LogP contribution is 2.36. The van der Waals surface area contributed by atoms with Crippen molar-refractivity contribution in [2.75, 3.05) is 27.4 Å². The van der Waals surface area contributed by atoms with Gasteiger partial charge in [-0.15, -0.1) is 0 Å². The van der Waals surface area contributed by atoms with Gasteiger partial charge in [0.05, 0.1) is 19.8 Å². The van der Waals surface area contributed by atoms with Gasteiger partial charge in [0.1, 0.15) is 13.2 Å². The van der Waals surface area contributed by atoms with Crippen molar-refractivity contribution < 1.29 is 23.7 Å². The van der Waals surface area contributed by atoms with Gasteiger partial charge in [-0.05, 0) is 55.3 Å². The quantitative estimate of drug-likeness (QED) is 0.629. The first-order valence-electron chi connectivity index (χ1n) is 10.1. The maximum absolute atomic E-state index is 12.0.